The highest BCUT2D eigenvalue weighted by Gasteiger charge is 2.20. The molecule has 0 spiro atoms. The van der Waals surface area contributed by atoms with E-state index in [9.17, 15) is 9.90 Å². The van der Waals surface area contributed by atoms with Gasteiger partial charge in [0.2, 0.25) is 0 Å². The molecule has 0 saturated heterocycles. The fraction of sp³-hybridized carbons (Fsp3) is 0.160. The summed E-state index contributed by atoms with van der Waals surface area (Å²) in [5.41, 5.74) is 3.53. The van der Waals surface area contributed by atoms with Crippen molar-refractivity contribution in [2.75, 3.05) is 0 Å². The SMILES string of the molecule is O=C(O)C(Cc1c[nH]c2ccccc12)NCc1cc(Cl)ccc1OCc1ccc(Cl)c(Cl)c1. The number of benzene rings is 3. The number of para-hydroxylation sites is 1. The second kappa shape index (κ2) is 10.5. The zero-order chi connectivity index (χ0) is 23.4. The molecule has 33 heavy (non-hydrogen) atoms. The Morgan fingerprint density at radius 1 is 1.00 bits per heavy atom. The summed E-state index contributed by atoms with van der Waals surface area (Å²) < 4.78 is 5.98. The number of halogens is 3. The van der Waals surface area contributed by atoms with Crippen LogP contribution in [0, 0.1) is 0 Å². The van der Waals surface area contributed by atoms with E-state index in [-0.39, 0.29) is 13.2 Å². The summed E-state index contributed by atoms with van der Waals surface area (Å²) in [5, 5.41) is 15.4. The maximum atomic E-state index is 12.0. The van der Waals surface area contributed by atoms with Gasteiger partial charge in [-0.3, -0.25) is 10.1 Å². The van der Waals surface area contributed by atoms with Gasteiger partial charge in [0.15, 0.2) is 0 Å². The third-order valence-corrected chi connectivity index (χ3v) is 6.31. The first kappa shape index (κ1) is 23.5. The number of ether oxygens (including phenoxy) is 1. The van der Waals surface area contributed by atoms with Crippen LogP contribution >= 0.6 is 34.8 Å². The number of H-pyrrole nitrogens is 1. The van der Waals surface area contributed by atoms with Gasteiger partial charge in [0.1, 0.15) is 18.4 Å². The molecule has 3 N–H and O–H groups in total. The molecule has 0 aliphatic carbocycles. The molecule has 3 aromatic carbocycles. The van der Waals surface area contributed by atoms with Gasteiger partial charge in [0.25, 0.3) is 0 Å². The summed E-state index contributed by atoms with van der Waals surface area (Å²) in [6.07, 6.45) is 2.19. The molecular weight excluding hydrogens is 483 g/mol. The minimum atomic E-state index is -0.930. The molecule has 0 fully saturated rings. The number of carboxylic acid groups (broad SMARTS) is 1. The fourth-order valence-electron chi connectivity index (χ4n) is 3.62. The largest absolute Gasteiger partial charge is 0.489 e. The third kappa shape index (κ3) is 5.81. The van der Waals surface area contributed by atoms with Gasteiger partial charge >= 0.3 is 5.97 Å². The van der Waals surface area contributed by atoms with Crippen LogP contribution in [-0.2, 0) is 24.4 Å². The van der Waals surface area contributed by atoms with Gasteiger partial charge in [-0.15, -0.1) is 0 Å². The summed E-state index contributed by atoms with van der Waals surface area (Å²) in [4.78, 5) is 15.1. The Balaban J connectivity index is 1.47. The van der Waals surface area contributed by atoms with E-state index in [2.05, 4.69) is 10.3 Å². The predicted octanol–water partition coefficient (Wildman–Crippen LogP) is 6.49. The first-order valence-corrected chi connectivity index (χ1v) is 11.4. The van der Waals surface area contributed by atoms with Crippen LogP contribution in [0.15, 0.2) is 66.9 Å². The van der Waals surface area contributed by atoms with Gasteiger partial charge in [-0.2, -0.15) is 0 Å². The number of fused-ring (bicyclic) bond motifs is 1. The van der Waals surface area contributed by atoms with Crippen molar-refractivity contribution in [3.63, 3.8) is 0 Å². The summed E-state index contributed by atoms with van der Waals surface area (Å²) in [6, 6.07) is 17.6. The number of rotatable bonds is 9. The summed E-state index contributed by atoms with van der Waals surface area (Å²) in [7, 11) is 0. The molecule has 0 saturated carbocycles. The maximum Gasteiger partial charge on any atom is 0.321 e. The zero-order valence-corrected chi connectivity index (χ0v) is 19.7. The maximum absolute atomic E-state index is 12.0. The highest BCUT2D eigenvalue weighted by atomic mass is 35.5. The van der Waals surface area contributed by atoms with Gasteiger partial charge in [-0.25, -0.2) is 0 Å². The molecule has 1 atom stereocenters. The predicted molar refractivity (Wildman–Crippen MR) is 133 cm³/mol. The van der Waals surface area contributed by atoms with Crippen molar-refractivity contribution >= 4 is 51.7 Å². The van der Waals surface area contributed by atoms with Crippen LogP contribution in [0.5, 0.6) is 5.75 Å². The second-order valence-corrected chi connectivity index (χ2v) is 8.88. The average Bonchev–Trinajstić information content (AvgIpc) is 3.21. The average molecular weight is 504 g/mol. The number of hydrogen-bond acceptors (Lipinski definition) is 3. The topological polar surface area (TPSA) is 74.3 Å². The minimum Gasteiger partial charge on any atom is -0.489 e. The number of aromatic amines is 1. The van der Waals surface area contributed by atoms with Gasteiger partial charge < -0.3 is 14.8 Å². The van der Waals surface area contributed by atoms with Crippen LogP contribution in [0.1, 0.15) is 16.7 Å². The van der Waals surface area contributed by atoms with Crippen LogP contribution < -0.4 is 10.1 Å². The van der Waals surface area contributed by atoms with Gasteiger partial charge in [0.05, 0.1) is 10.0 Å². The number of hydrogen-bond donors (Lipinski definition) is 3. The molecule has 1 heterocycles. The number of aliphatic carboxylic acids is 1. The smallest absolute Gasteiger partial charge is 0.321 e. The molecule has 0 bridgehead atoms. The van der Waals surface area contributed by atoms with E-state index in [0.717, 1.165) is 27.6 Å². The molecule has 4 aromatic rings. The number of aromatic nitrogens is 1. The number of carboxylic acids is 1. The molecule has 1 unspecified atom stereocenters. The van der Waals surface area contributed by atoms with Gasteiger partial charge in [-0.05, 0) is 47.5 Å². The first-order valence-electron chi connectivity index (χ1n) is 10.3. The molecule has 0 amide bonds. The van der Waals surface area contributed by atoms with Crippen molar-refractivity contribution in [1.82, 2.24) is 10.3 Å². The van der Waals surface area contributed by atoms with E-state index in [4.69, 9.17) is 39.5 Å². The Kier molecular flexibility index (Phi) is 7.46. The highest BCUT2D eigenvalue weighted by molar-refractivity contribution is 6.42. The van der Waals surface area contributed by atoms with E-state index >= 15 is 0 Å². The monoisotopic (exact) mass is 502 g/mol. The van der Waals surface area contributed by atoms with E-state index in [0.29, 0.717) is 27.2 Å². The lowest BCUT2D eigenvalue weighted by Gasteiger charge is -2.17. The Bertz CT molecular complexity index is 1290. The minimum absolute atomic E-state index is 0.274. The van der Waals surface area contributed by atoms with Crippen LogP contribution in [0.25, 0.3) is 10.9 Å². The third-order valence-electron chi connectivity index (χ3n) is 5.34. The lowest BCUT2D eigenvalue weighted by molar-refractivity contribution is -0.139. The van der Waals surface area contributed by atoms with E-state index in [1.165, 1.54) is 0 Å². The molecule has 0 aliphatic rings. The molecule has 5 nitrogen and oxygen atoms in total. The first-order chi connectivity index (χ1) is 15.9. The van der Waals surface area contributed by atoms with Crippen molar-refractivity contribution in [2.45, 2.75) is 25.6 Å². The molecule has 8 heteroatoms. The van der Waals surface area contributed by atoms with Crippen molar-refractivity contribution < 1.29 is 14.6 Å². The number of carbonyl (C=O) groups is 1. The Morgan fingerprint density at radius 2 is 1.82 bits per heavy atom. The Labute approximate surface area is 206 Å². The van der Waals surface area contributed by atoms with Gasteiger partial charge in [0, 0.05) is 40.7 Å². The van der Waals surface area contributed by atoms with Crippen molar-refractivity contribution in [1.29, 1.82) is 0 Å². The Morgan fingerprint density at radius 3 is 2.61 bits per heavy atom. The molecule has 170 valence electrons. The molecular formula is C25H21Cl3N2O3. The Hall–Kier alpha value is -2.70. The summed E-state index contributed by atoms with van der Waals surface area (Å²) in [5.74, 6) is -0.324. The van der Waals surface area contributed by atoms with Crippen molar-refractivity contribution in [3.8, 4) is 5.75 Å². The van der Waals surface area contributed by atoms with E-state index in [1.54, 1.807) is 30.3 Å². The normalized spacial score (nSPS) is 12.1. The van der Waals surface area contributed by atoms with Crippen molar-refractivity contribution in [2.24, 2.45) is 0 Å². The molecule has 1 aromatic heterocycles. The van der Waals surface area contributed by atoms with E-state index in [1.807, 2.05) is 36.5 Å². The summed E-state index contributed by atoms with van der Waals surface area (Å²) >= 11 is 18.3. The quantitative estimate of drug-likeness (QED) is 0.244. The van der Waals surface area contributed by atoms with Crippen LogP contribution in [0.4, 0.5) is 0 Å². The fourth-order valence-corrected chi connectivity index (χ4v) is 4.13. The molecule has 0 radical (unpaired) electrons. The molecule has 4 rings (SSSR count). The highest BCUT2D eigenvalue weighted by Crippen LogP contribution is 2.27. The van der Waals surface area contributed by atoms with Gasteiger partial charge in [-0.1, -0.05) is 59.1 Å². The second-order valence-electron chi connectivity index (χ2n) is 7.62. The van der Waals surface area contributed by atoms with E-state index < -0.39 is 12.0 Å². The molecule has 0 aliphatic heterocycles. The van der Waals surface area contributed by atoms with Crippen LogP contribution in [0.2, 0.25) is 15.1 Å². The summed E-state index contributed by atoms with van der Waals surface area (Å²) in [6.45, 7) is 0.555. The number of nitrogens with one attached hydrogen (secondary N) is 2. The standard InChI is InChI=1S/C25H21Cl3N2O3/c26-18-6-8-24(33-14-15-5-7-20(27)21(28)9-15)17(10-18)13-30-23(25(31)32)11-16-12-29-22-4-2-1-3-19(16)22/h1-10,12,23,29-30H,11,13-14H2,(H,31,32). The lowest BCUT2D eigenvalue weighted by atomic mass is 10.0. The zero-order valence-electron chi connectivity index (χ0n) is 17.4. The van der Waals surface area contributed by atoms with Crippen LogP contribution in [0.3, 0.4) is 0 Å². The van der Waals surface area contributed by atoms with Crippen molar-refractivity contribution in [3.05, 3.63) is 98.6 Å². The lowest BCUT2D eigenvalue weighted by Crippen LogP contribution is -2.38. The van der Waals surface area contributed by atoms with Crippen LogP contribution in [-0.4, -0.2) is 22.1 Å².